The molecule has 0 radical (unpaired) electrons. The molecule has 2 heterocycles. The molecule has 2 amide bonds. The van der Waals surface area contributed by atoms with Crippen LogP contribution in [0, 0.1) is 25.7 Å². The minimum Gasteiger partial charge on any atom is -0.371 e. The molecule has 1 aliphatic heterocycles. The van der Waals surface area contributed by atoms with Crippen molar-refractivity contribution >= 4 is 28.2 Å². The zero-order chi connectivity index (χ0) is 19.3. The number of carbonyl (C=O) groups is 1. The largest absolute Gasteiger partial charge is 0.371 e. The fraction of sp³-hybridized carbons (Fsp3) is 0.304. The molecule has 2 unspecified atom stereocenters. The van der Waals surface area contributed by atoms with Crippen LogP contribution in [0.1, 0.15) is 11.1 Å². The number of fused-ring (bicyclic) bond motifs is 2. The van der Waals surface area contributed by atoms with Gasteiger partial charge >= 0.3 is 6.03 Å². The van der Waals surface area contributed by atoms with Gasteiger partial charge in [0.25, 0.3) is 0 Å². The monoisotopic (exact) mass is 372 g/mol. The van der Waals surface area contributed by atoms with Crippen LogP contribution in [0.3, 0.4) is 0 Å². The molecule has 2 aliphatic rings. The molecule has 3 atom stereocenters. The van der Waals surface area contributed by atoms with E-state index < -0.39 is 0 Å². The Kier molecular flexibility index (Phi) is 3.97. The Morgan fingerprint density at radius 2 is 1.93 bits per heavy atom. The van der Waals surface area contributed by atoms with Crippen LogP contribution in [0.2, 0.25) is 0 Å². The number of nitrogens with zero attached hydrogens (tertiary/aromatic N) is 2. The fourth-order valence-corrected chi connectivity index (χ4v) is 4.64. The first-order chi connectivity index (χ1) is 13.6. The number of piperidine rings is 1. The summed E-state index contributed by atoms with van der Waals surface area (Å²) in [6.07, 6.45) is 3.56. The van der Waals surface area contributed by atoms with Gasteiger partial charge in [0.05, 0.1) is 5.69 Å². The topological polar surface area (TPSA) is 57.3 Å². The van der Waals surface area contributed by atoms with E-state index in [9.17, 15) is 4.79 Å². The number of hydrogen-bond acceptors (Lipinski definition) is 3. The van der Waals surface area contributed by atoms with Crippen molar-refractivity contribution < 1.29 is 4.79 Å². The molecule has 1 saturated carbocycles. The zero-order valence-corrected chi connectivity index (χ0v) is 16.1. The van der Waals surface area contributed by atoms with E-state index in [1.54, 1.807) is 6.20 Å². The summed E-state index contributed by atoms with van der Waals surface area (Å²) in [6.45, 7) is 6.33. The molecule has 2 aromatic carbocycles. The van der Waals surface area contributed by atoms with Gasteiger partial charge in [-0.2, -0.15) is 0 Å². The molecule has 2 N–H and O–H groups in total. The summed E-state index contributed by atoms with van der Waals surface area (Å²) in [6, 6.07) is 14.6. The maximum atomic E-state index is 12.5. The normalized spacial score (nSPS) is 22.8. The van der Waals surface area contributed by atoms with Gasteiger partial charge in [-0.15, -0.1) is 0 Å². The summed E-state index contributed by atoms with van der Waals surface area (Å²) in [5.74, 6) is 1.09. The third kappa shape index (κ3) is 2.97. The number of nitrogens with one attached hydrogen (secondary N) is 2. The molecule has 5 rings (SSSR count). The van der Waals surface area contributed by atoms with Crippen molar-refractivity contribution in [3.05, 3.63) is 66.0 Å². The van der Waals surface area contributed by atoms with Crippen molar-refractivity contribution in [2.75, 3.05) is 23.3 Å². The van der Waals surface area contributed by atoms with Gasteiger partial charge < -0.3 is 15.5 Å². The van der Waals surface area contributed by atoms with E-state index in [0.717, 1.165) is 29.5 Å². The molecule has 0 spiro atoms. The number of urea groups is 1. The van der Waals surface area contributed by atoms with Gasteiger partial charge in [-0.1, -0.05) is 29.8 Å². The highest BCUT2D eigenvalue weighted by atomic mass is 16.2. The lowest BCUT2D eigenvalue weighted by molar-refractivity contribution is 0.250. The second-order valence-corrected chi connectivity index (χ2v) is 8.05. The number of benzene rings is 2. The number of amides is 2. The smallest absolute Gasteiger partial charge is 0.319 e. The van der Waals surface area contributed by atoms with E-state index in [1.807, 2.05) is 30.5 Å². The molecule has 1 aliphatic carbocycles. The fourth-order valence-electron chi connectivity index (χ4n) is 4.64. The maximum absolute atomic E-state index is 12.5. The summed E-state index contributed by atoms with van der Waals surface area (Å²) < 4.78 is 0. The van der Waals surface area contributed by atoms with Gasteiger partial charge in [0, 0.05) is 59.8 Å². The van der Waals surface area contributed by atoms with Crippen LogP contribution >= 0.6 is 0 Å². The van der Waals surface area contributed by atoms with Gasteiger partial charge in [0.15, 0.2) is 0 Å². The summed E-state index contributed by atoms with van der Waals surface area (Å²) in [7, 11) is 0. The van der Waals surface area contributed by atoms with Gasteiger partial charge in [-0.25, -0.2) is 4.79 Å². The van der Waals surface area contributed by atoms with Gasteiger partial charge in [0.2, 0.25) is 0 Å². The Balaban J connectivity index is 1.21. The number of aromatic nitrogens is 1. The average molecular weight is 372 g/mol. The first-order valence-electron chi connectivity index (χ1n) is 9.82. The summed E-state index contributed by atoms with van der Waals surface area (Å²) in [4.78, 5) is 19.1. The maximum Gasteiger partial charge on any atom is 0.319 e. The second-order valence-electron chi connectivity index (χ2n) is 8.05. The molecule has 2 fully saturated rings. The highest BCUT2D eigenvalue weighted by molar-refractivity contribution is 6.01. The van der Waals surface area contributed by atoms with Gasteiger partial charge in [-0.05, 0) is 37.6 Å². The molecule has 1 aromatic heterocycles. The molecular formula is C23H24N4O. The molecule has 142 valence electrons. The van der Waals surface area contributed by atoms with E-state index in [2.05, 4.69) is 52.6 Å². The Labute approximate surface area is 164 Å². The zero-order valence-electron chi connectivity index (χ0n) is 16.1. The SMILES string of the molecule is Cc1ccc(N2CC3C(NC(=O)Nc4cccc5cnccc45)[C@H]3C2)c(C)c1. The lowest BCUT2D eigenvalue weighted by Gasteiger charge is -2.24. The van der Waals surface area contributed by atoms with E-state index in [4.69, 9.17) is 0 Å². The van der Waals surface area contributed by atoms with Crippen LogP contribution in [0.25, 0.3) is 10.8 Å². The molecule has 3 aromatic rings. The van der Waals surface area contributed by atoms with Crippen LogP contribution in [-0.2, 0) is 0 Å². The lowest BCUT2D eigenvalue weighted by atomic mass is 10.1. The number of aryl methyl sites for hydroxylation is 2. The molecule has 28 heavy (non-hydrogen) atoms. The highest BCUT2D eigenvalue weighted by Crippen LogP contribution is 2.47. The van der Waals surface area contributed by atoms with Crippen molar-refractivity contribution in [1.29, 1.82) is 0 Å². The summed E-state index contributed by atoms with van der Waals surface area (Å²) in [5, 5.41) is 8.21. The van der Waals surface area contributed by atoms with E-state index >= 15 is 0 Å². The number of rotatable bonds is 3. The first kappa shape index (κ1) is 17.0. The molecular weight excluding hydrogens is 348 g/mol. The highest BCUT2D eigenvalue weighted by Gasteiger charge is 2.56. The molecule has 1 saturated heterocycles. The lowest BCUT2D eigenvalue weighted by Crippen LogP contribution is -2.37. The van der Waals surface area contributed by atoms with Crippen LogP contribution in [0.4, 0.5) is 16.2 Å². The Hall–Kier alpha value is -3.08. The van der Waals surface area contributed by atoms with Crippen LogP contribution < -0.4 is 15.5 Å². The van der Waals surface area contributed by atoms with Crippen molar-refractivity contribution in [3.8, 4) is 0 Å². The van der Waals surface area contributed by atoms with Gasteiger partial charge in [0.1, 0.15) is 0 Å². The number of carbonyl (C=O) groups excluding carboxylic acids is 1. The molecule has 5 heteroatoms. The summed E-state index contributed by atoms with van der Waals surface area (Å²) in [5.41, 5.74) is 4.77. The van der Waals surface area contributed by atoms with Crippen molar-refractivity contribution in [2.45, 2.75) is 19.9 Å². The van der Waals surface area contributed by atoms with Crippen LogP contribution in [0.15, 0.2) is 54.9 Å². The Morgan fingerprint density at radius 3 is 2.71 bits per heavy atom. The third-order valence-electron chi connectivity index (χ3n) is 6.11. The van der Waals surface area contributed by atoms with Crippen molar-refractivity contribution in [1.82, 2.24) is 10.3 Å². The average Bonchev–Trinajstić information content (AvgIpc) is 3.11. The van der Waals surface area contributed by atoms with E-state index in [1.165, 1.54) is 16.8 Å². The standard InChI is InChI=1S/C23H24N4O/c1-14-6-7-21(15(2)10-14)27-12-18-19(13-27)22(18)26-23(28)25-20-5-3-4-16-11-24-9-8-17(16)20/h3-11,18-19,22H,12-13H2,1-2H3,(H2,25,26,28)/t18-,19?,22?/m0/s1. The van der Waals surface area contributed by atoms with E-state index in [0.29, 0.717) is 11.8 Å². The number of anilines is 2. The third-order valence-corrected chi connectivity index (χ3v) is 6.11. The Morgan fingerprint density at radius 1 is 1.11 bits per heavy atom. The first-order valence-corrected chi connectivity index (χ1v) is 9.82. The predicted octanol–water partition coefficient (Wildman–Crippen LogP) is 4.11. The van der Waals surface area contributed by atoms with Gasteiger partial charge in [-0.3, -0.25) is 4.98 Å². The van der Waals surface area contributed by atoms with E-state index in [-0.39, 0.29) is 12.1 Å². The van der Waals surface area contributed by atoms with Crippen LogP contribution in [0.5, 0.6) is 0 Å². The summed E-state index contributed by atoms with van der Waals surface area (Å²) >= 11 is 0. The number of hydrogen-bond donors (Lipinski definition) is 2. The quantitative estimate of drug-likeness (QED) is 0.727. The molecule has 0 bridgehead atoms. The van der Waals surface area contributed by atoms with Crippen LogP contribution in [-0.4, -0.2) is 30.1 Å². The second kappa shape index (κ2) is 6.51. The minimum atomic E-state index is -0.123. The number of pyridine rings is 1. The predicted molar refractivity (Wildman–Crippen MR) is 113 cm³/mol. The van der Waals surface area contributed by atoms with Crippen molar-refractivity contribution in [3.63, 3.8) is 0 Å². The van der Waals surface area contributed by atoms with Crippen molar-refractivity contribution in [2.24, 2.45) is 11.8 Å². The molecule has 5 nitrogen and oxygen atoms in total. The minimum absolute atomic E-state index is 0.123. The Bertz CT molecular complexity index is 1050.